The molecule has 0 aliphatic rings. The molecule has 1 aromatic carbocycles. The lowest BCUT2D eigenvalue weighted by Gasteiger charge is -2.29. The second-order valence-corrected chi connectivity index (χ2v) is 6.06. The summed E-state index contributed by atoms with van der Waals surface area (Å²) in [6, 6.07) is 10.2. The minimum Gasteiger partial charge on any atom is -0.353 e. The fraction of sp³-hybridized carbons (Fsp3) is 0.353. The maximum absolute atomic E-state index is 6.12. The van der Waals surface area contributed by atoms with E-state index in [4.69, 9.17) is 23.2 Å². The van der Waals surface area contributed by atoms with Crippen LogP contribution in [0.15, 0.2) is 30.3 Å². The minimum absolute atomic E-state index is 0.193. The van der Waals surface area contributed by atoms with Crippen LogP contribution in [0.5, 0.6) is 0 Å². The Morgan fingerprint density at radius 1 is 1.19 bits per heavy atom. The predicted octanol–water partition coefficient (Wildman–Crippen LogP) is 5.29. The van der Waals surface area contributed by atoms with Crippen molar-refractivity contribution in [3.05, 3.63) is 57.7 Å². The van der Waals surface area contributed by atoms with Crippen LogP contribution in [0.4, 0.5) is 5.82 Å². The molecule has 1 unspecified atom stereocenters. The quantitative estimate of drug-likeness (QED) is 0.711. The summed E-state index contributed by atoms with van der Waals surface area (Å²) in [5, 5.41) is 0.750. The van der Waals surface area contributed by atoms with Crippen LogP contribution in [-0.4, -0.2) is 12.0 Å². The van der Waals surface area contributed by atoms with Gasteiger partial charge in [-0.2, -0.15) is 0 Å². The van der Waals surface area contributed by atoms with Crippen molar-refractivity contribution in [2.75, 3.05) is 11.9 Å². The van der Waals surface area contributed by atoms with E-state index in [2.05, 4.69) is 36.8 Å². The number of aryl methyl sites for hydroxylation is 2. The fourth-order valence-corrected chi connectivity index (χ4v) is 2.91. The third-order valence-corrected chi connectivity index (χ3v) is 4.37. The van der Waals surface area contributed by atoms with Crippen LogP contribution in [0, 0.1) is 13.8 Å². The lowest BCUT2D eigenvalue weighted by molar-refractivity contribution is 0.723. The lowest BCUT2D eigenvalue weighted by Crippen LogP contribution is -2.24. The smallest absolute Gasteiger partial charge is 0.133 e. The molecule has 0 spiro atoms. The number of halogens is 2. The summed E-state index contributed by atoms with van der Waals surface area (Å²) in [6.45, 7) is 6.24. The average molecular weight is 323 g/mol. The molecule has 2 rings (SSSR count). The van der Waals surface area contributed by atoms with Gasteiger partial charge in [0, 0.05) is 23.3 Å². The van der Waals surface area contributed by atoms with Crippen LogP contribution in [0.25, 0.3) is 0 Å². The highest BCUT2D eigenvalue weighted by Crippen LogP contribution is 2.30. The molecular weight excluding hydrogens is 303 g/mol. The average Bonchev–Trinajstić information content (AvgIpc) is 2.46. The first-order chi connectivity index (χ1) is 9.93. The van der Waals surface area contributed by atoms with E-state index in [0.29, 0.717) is 5.88 Å². The molecule has 1 atom stereocenters. The zero-order valence-corrected chi connectivity index (χ0v) is 14.3. The molecule has 2 aromatic rings. The Morgan fingerprint density at radius 3 is 2.38 bits per heavy atom. The van der Waals surface area contributed by atoms with E-state index in [9.17, 15) is 0 Å². The van der Waals surface area contributed by atoms with Crippen LogP contribution in [0.2, 0.25) is 5.02 Å². The number of pyridine rings is 1. The third kappa shape index (κ3) is 3.50. The number of hydrogen-bond acceptors (Lipinski definition) is 2. The van der Waals surface area contributed by atoms with Gasteiger partial charge < -0.3 is 4.90 Å². The monoisotopic (exact) mass is 322 g/mol. The molecule has 0 amide bonds. The normalized spacial score (nSPS) is 12.3. The summed E-state index contributed by atoms with van der Waals surface area (Å²) < 4.78 is 0. The van der Waals surface area contributed by atoms with Crippen LogP contribution < -0.4 is 4.90 Å². The Kier molecular flexibility index (Phi) is 5.13. The van der Waals surface area contributed by atoms with Crippen molar-refractivity contribution in [2.24, 2.45) is 0 Å². The Hall–Kier alpha value is -1.25. The molecule has 1 aromatic heterocycles. The molecule has 112 valence electrons. The second-order valence-electron chi connectivity index (χ2n) is 5.35. The zero-order chi connectivity index (χ0) is 15.6. The Labute approximate surface area is 136 Å². The van der Waals surface area contributed by atoms with Crippen molar-refractivity contribution < 1.29 is 0 Å². The minimum atomic E-state index is 0.193. The Morgan fingerprint density at radius 2 is 1.81 bits per heavy atom. The summed E-state index contributed by atoms with van der Waals surface area (Å²) in [4.78, 5) is 6.85. The molecule has 0 bridgehead atoms. The van der Waals surface area contributed by atoms with Gasteiger partial charge in [0.15, 0.2) is 0 Å². The van der Waals surface area contributed by atoms with Crippen molar-refractivity contribution in [2.45, 2.75) is 32.7 Å². The van der Waals surface area contributed by atoms with Gasteiger partial charge in [-0.1, -0.05) is 23.7 Å². The maximum Gasteiger partial charge on any atom is 0.133 e. The van der Waals surface area contributed by atoms with Gasteiger partial charge in [-0.15, -0.1) is 11.6 Å². The molecule has 1 heterocycles. The standard InChI is InChI=1S/C17H20Cl2N2/c1-11-9-12(2)20-17(16(11)10-18)21(4)13(3)14-5-7-15(19)8-6-14/h5-9,13H,10H2,1-4H3. The SMILES string of the molecule is Cc1cc(C)c(CCl)c(N(C)C(C)c2ccc(Cl)cc2)n1. The van der Waals surface area contributed by atoms with E-state index in [0.717, 1.165) is 22.1 Å². The zero-order valence-electron chi connectivity index (χ0n) is 12.8. The molecule has 2 nitrogen and oxygen atoms in total. The van der Waals surface area contributed by atoms with E-state index in [1.54, 1.807) is 0 Å². The van der Waals surface area contributed by atoms with Crippen molar-refractivity contribution in [1.82, 2.24) is 4.98 Å². The summed E-state index contributed by atoms with van der Waals surface area (Å²) in [7, 11) is 2.05. The number of hydrogen-bond donors (Lipinski definition) is 0. The number of nitrogens with zero attached hydrogens (tertiary/aromatic N) is 2. The molecule has 0 fully saturated rings. The largest absolute Gasteiger partial charge is 0.353 e. The number of benzene rings is 1. The van der Waals surface area contributed by atoms with E-state index in [-0.39, 0.29) is 6.04 Å². The van der Waals surface area contributed by atoms with Crippen LogP contribution in [-0.2, 0) is 5.88 Å². The number of rotatable bonds is 4. The van der Waals surface area contributed by atoms with E-state index in [1.165, 1.54) is 11.1 Å². The predicted molar refractivity (Wildman–Crippen MR) is 91.5 cm³/mol. The summed E-state index contributed by atoms with van der Waals surface area (Å²) in [5.41, 5.74) is 4.48. The fourth-order valence-electron chi connectivity index (χ4n) is 2.45. The van der Waals surface area contributed by atoms with E-state index in [1.807, 2.05) is 31.2 Å². The molecule has 21 heavy (non-hydrogen) atoms. The lowest BCUT2D eigenvalue weighted by atomic mass is 10.1. The van der Waals surface area contributed by atoms with Gasteiger partial charge in [-0.3, -0.25) is 0 Å². The van der Waals surface area contributed by atoms with Gasteiger partial charge in [-0.05, 0) is 50.1 Å². The highest BCUT2D eigenvalue weighted by atomic mass is 35.5. The van der Waals surface area contributed by atoms with Gasteiger partial charge in [-0.25, -0.2) is 4.98 Å². The first-order valence-corrected chi connectivity index (χ1v) is 7.86. The number of anilines is 1. The highest BCUT2D eigenvalue weighted by Gasteiger charge is 2.18. The van der Waals surface area contributed by atoms with Crippen molar-refractivity contribution in [3.8, 4) is 0 Å². The van der Waals surface area contributed by atoms with Gasteiger partial charge in [0.05, 0.1) is 11.9 Å². The van der Waals surface area contributed by atoms with Crippen molar-refractivity contribution in [1.29, 1.82) is 0 Å². The molecular formula is C17H20Cl2N2. The van der Waals surface area contributed by atoms with Crippen LogP contribution in [0.3, 0.4) is 0 Å². The third-order valence-electron chi connectivity index (χ3n) is 3.85. The van der Waals surface area contributed by atoms with Crippen molar-refractivity contribution in [3.63, 3.8) is 0 Å². The molecule has 0 radical (unpaired) electrons. The number of alkyl halides is 1. The Balaban J connectivity index is 2.39. The van der Waals surface area contributed by atoms with Gasteiger partial charge in [0.1, 0.15) is 5.82 Å². The first-order valence-electron chi connectivity index (χ1n) is 6.95. The van der Waals surface area contributed by atoms with Crippen molar-refractivity contribution >= 4 is 29.0 Å². The number of aromatic nitrogens is 1. The topological polar surface area (TPSA) is 16.1 Å². The van der Waals surface area contributed by atoms with Crippen LogP contribution in [0.1, 0.15) is 35.3 Å². The van der Waals surface area contributed by atoms with Gasteiger partial charge in [0.2, 0.25) is 0 Å². The van der Waals surface area contributed by atoms with Crippen LogP contribution >= 0.6 is 23.2 Å². The van der Waals surface area contributed by atoms with E-state index >= 15 is 0 Å². The Bertz CT molecular complexity index is 623. The maximum atomic E-state index is 6.12. The molecule has 0 saturated heterocycles. The molecule has 0 aliphatic heterocycles. The molecule has 0 aliphatic carbocycles. The molecule has 0 saturated carbocycles. The van der Waals surface area contributed by atoms with Gasteiger partial charge >= 0.3 is 0 Å². The summed E-state index contributed by atoms with van der Waals surface area (Å²) >= 11 is 12.1. The molecule has 0 N–H and O–H groups in total. The highest BCUT2D eigenvalue weighted by molar-refractivity contribution is 6.30. The van der Waals surface area contributed by atoms with E-state index < -0.39 is 0 Å². The van der Waals surface area contributed by atoms with Gasteiger partial charge in [0.25, 0.3) is 0 Å². The molecule has 4 heteroatoms. The summed E-state index contributed by atoms with van der Waals surface area (Å²) in [5.74, 6) is 1.41. The second kappa shape index (κ2) is 6.67. The first kappa shape index (κ1) is 16.1. The summed E-state index contributed by atoms with van der Waals surface area (Å²) in [6.07, 6.45) is 0.